The minimum atomic E-state index is -0.378. The minimum Gasteiger partial charge on any atom is -0.493 e. The highest BCUT2D eigenvalue weighted by Crippen LogP contribution is 2.29. The smallest absolute Gasteiger partial charge is 0.355 e. The van der Waals surface area contributed by atoms with E-state index in [0.29, 0.717) is 42.5 Å². The van der Waals surface area contributed by atoms with Crippen molar-refractivity contribution in [2.45, 2.75) is 19.8 Å². The molecule has 0 atom stereocenters. The number of hydrogen-bond acceptors (Lipinski definition) is 3. The van der Waals surface area contributed by atoms with E-state index in [9.17, 15) is 9.18 Å². The number of hydrogen-bond donors (Lipinski definition) is 1. The quantitative estimate of drug-likeness (QED) is 0.279. The lowest BCUT2D eigenvalue weighted by atomic mass is 10.1. The fraction of sp³-hybridized carbons (Fsp3) is 0.208. The molecule has 3 aromatic carbocycles. The van der Waals surface area contributed by atoms with E-state index in [1.165, 1.54) is 12.1 Å². The second-order valence-corrected chi connectivity index (χ2v) is 7.40. The van der Waals surface area contributed by atoms with E-state index in [4.69, 9.17) is 21.1 Å². The van der Waals surface area contributed by atoms with Gasteiger partial charge in [-0.15, -0.1) is 0 Å². The molecule has 0 radical (unpaired) electrons. The molecule has 4 rings (SSSR count). The van der Waals surface area contributed by atoms with Gasteiger partial charge in [-0.1, -0.05) is 29.8 Å². The Bertz CT molecular complexity index is 1220. The third-order valence-corrected chi connectivity index (χ3v) is 5.21. The van der Waals surface area contributed by atoms with E-state index in [0.717, 1.165) is 27.2 Å². The summed E-state index contributed by atoms with van der Waals surface area (Å²) in [4.78, 5) is 15.5. The molecule has 0 spiro atoms. The molecule has 30 heavy (non-hydrogen) atoms. The van der Waals surface area contributed by atoms with Crippen LogP contribution in [0.15, 0.2) is 54.6 Å². The molecule has 0 saturated heterocycles. The molecule has 0 aliphatic carbocycles. The second kappa shape index (κ2) is 8.76. The van der Waals surface area contributed by atoms with Gasteiger partial charge in [0.05, 0.1) is 13.2 Å². The number of nitrogens with one attached hydrogen (secondary N) is 1. The van der Waals surface area contributed by atoms with Crippen LogP contribution in [0.1, 0.15) is 29.4 Å². The fourth-order valence-corrected chi connectivity index (χ4v) is 3.82. The van der Waals surface area contributed by atoms with Gasteiger partial charge in [-0.2, -0.15) is 0 Å². The Balaban J connectivity index is 1.51. The maximum Gasteiger partial charge on any atom is 0.355 e. The maximum absolute atomic E-state index is 13.5. The molecule has 0 fully saturated rings. The standard InChI is InChI=1S/C24H21ClFNO3/c1-2-29-24(28)23-20(19-10-8-16(25)14-21(19)27-23)6-4-12-30-22-7-3-5-15-13-17(26)9-11-18(15)22/h3,5,7-11,13-14,27H,2,4,6,12H2,1H3. The van der Waals surface area contributed by atoms with Gasteiger partial charge in [-0.25, -0.2) is 9.18 Å². The van der Waals surface area contributed by atoms with Gasteiger partial charge in [-0.3, -0.25) is 0 Å². The first-order valence-electron chi connectivity index (χ1n) is 9.85. The summed E-state index contributed by atoms with van der Waals surface area (Å²) in [5, 5.41) is 3.21. The first-order valence-corrected chi connectivity index (χ1v) is 10.2. The third kappa shape index (κ3) is 4.12. The fourth-order valence-electron chi connectivity index (χ4n) is 3.65. The van der Waals surface area contributed by atoms with Gasteiger partial charge in [0, 0.05) is 21.3 Å². The van der Waals surface area contributed by atoms with Crippen LogP contribution in [0.5, 0.6) is 5.75 Å². The summed E-state index contributed by atoms with van der Waals surface area (Å²) in [5.74, 6) is 0.0613. The summed E-state index contributed by atoms with van der Waals surface area (Å²) in [5.41, 5.74) is 2.15. The van der Waals surface area contributed by atoms with Crippen molar-refractivity contribution in [3.63, 3.8) is 0 Å². The Morgan fingerprint density at radius 3 is 2.77 bits per heavy atom. The number of carbonyl (C=O) groups excluding carboxylic acids is 1. The lowest BCUT2D eigenvalue weighted by molar-refractivity contribution is 0.0519. The minimum absolute atomic E-state index is 0.273. The molecule has 154 valence electrons. The van der Waals surface area contributed by atoms with Crippen molar-refractivity contribution in [3.05, 3.63) is 76.7 Å². The molecule has 0 saturated carbocycles. The van der Waals surface area contributed by atoms with Crippen LogP contribution in [-0.2, 0) is 11.2 Å². The van der Waals surface area contributed by atoms with Gasteiger partial charge >= 0.3 is 5.97 Å². The molecule has 1 aromatic heterocycles. The molecule has 4 aromatic rings. The number of ether oxygens (including phenoxy) is 2. The van der Waals surface area contributed by atoms with Crippen molar-refractivity contribution < 1.29 is 18.7 Å². The van der Waals surface area contributed by atoms with Crippen LogP contribution in [0.3, 0.4) is 0 Å². The lowest BCUT2D eigenvalue weighted by Gasteiger charge is -2.10. The van der Waals surface area contributed by atoms with Gasteiger partial charge in [0.25, 0.3) is 0 Å². The van der Waals surface area contributed by atoms with Crippen LogP contribution in [0.4, 0.5) is 4.39 Å². The SMILES string of the molecule is CCOC(=O)c1[nH]c2cc(Cl)ccc2c1CCCOc1cccc2cc(F)ccc12. The summed E-state index contributed by atoms with van der Waals surface area (Å²) in [6.07, 6.45) is 1.33. The predicted molar refractivity (Wildman–Crippen MR) is 117 cm³/mol. The third-order valence-electron chi connectivity index (χ3n) is 4.98. The summed E-state index contributed by atoms with van der Waals surface area (Å²) < 4.78 is 24.6. The van der Waals surface area contributed by atoms with Gasteiger partial charge in [0.1, 0.15) is 17.3 Å². The Hall–Kier alpha value is -3.05. The molecule has 4 nitrogen and oxygen atoms in total. The largest absolute Gasteiger partial charge is 0.493 e. The Morgan fingerprint density at radius 1 is 1.10 bits per heavy atom. The van der Waals surface area contributed by atoms with Crippen molar-refractivity contribution in [2.24, 2.45) is 0 Å². The highest BCUT2D eigenvalue weighted by Gasteiger charge is 2.19. The highest BCUT2D eigenvalue weighted by molar-refractivity contribution is 6.31. The van der Waals surface area contributed by atoms with Gasteiger partial charge in [0.2, 0.25) is 0 Å². The maximum atomic E-state index is 13.5. The summed E-state index contributed by atoms with van der Waals surface area (Å²) >= 11 is 6.09. The van der Waals surface area contributed by atoms with Crippen molar-refractivity contribution in [3.8, 4) is 5.75 Å². The monoisotopic (exact) mass is 425 g/mol. The van der Waals surface area contributed by atoms with Crippen LogP contribution in [0.25, 0.3) is 21.7 Å². The zero-order valence-corrected chi connectivity index (χ0v) is 17.3. The lowest BCUT2D eigenvalue weighted by Crippen LogP contribution is -2.09. The van der Waals surface area contributed by atoms with E-state index < -0.39 is 0 Å². The highest BCUT2D eigenvalue weighted by atomic mass is 35.5. The molecule has 0 bridgehead atoms. The number of esters is 1. The number of rotatable bonds is 7. The van der Waals surface area contributed by atoms with Crippen LogP contribution < -0.4 is 4.74 Å². The number of aromatic nitrogens is 1. The average Bonchev–Trinajstić information content (AvgIpc) is 3.08. The molecular formula is C24H21ClFNO3. The number of benzene rings is 3. The zero-order chi connectivity index (χ0) is 21.1. The molecule has 6 heteroatoms. The number of H-pyrrole nitrogens is 1. The molecule has 0 aliphatic heterocycles. The van der Waals surface area contributed by atoms with Crippen LogP contribution >= 0.6 is 11.6 Å². The normalized spacial score (nSPS) is 11.2. The van der Waals surface area contributed by atoms with Crippen molar-refractivity contribution in [2.75, 3.05) is 13.2 Å². The molecule has 0 unspecified atom stereocenters. The van der Waals surface area contributed by atoms with E-state index in [-0.39, 0.29) is 11.8 Å². The molecule has 0 amide bonds. The van der Waals surface area contributed by atoms with Gasteiger partial charge < -0.3 is 14.5 Å². The van der Waals surface area contributed by atoms with E-state index >= 15 is 0 Å². The van der Waals surface area contributed by atoms with E-state index in [1.807, 2.05) is 30.3 Å². The van der Waals surface area contributed by atoms with Crippen molar-refractivity contribution in [1.82, 2.24) is 4.98 Å². The number of aromatic amines is 1. The first kappa shape index (κ1) is 20.2. The number of halogens is 2. The summed E-state index contributed by atoms with van der Waals surface area (Å²) in [6, 6.07) is 15.7. The van der Waals surface area contributed by atoms with Crippen molar-refractivity contribution in [1.29, 1.82) is 0 Å². The van der Waals surface area contributed by atoms with E-state index in [2.05, 4.69) is 4.98 Å². The summed E-state index contributed by atoms with van der Waals surface area (Å²) in [6.45, 7) is 2.54. The van der Waals surface area contributed by atoms with Crippen LogP contribution in [-0.4, -0.2) is 24.2 Å². The van der Waals surface area contributed by atoms with Crippen LogP contribution in [0, 0.1) is 5.82 Å². The topological polar surface area (TPSA) is 51.3 Å². The Labute approximate surface area is 178 Å². The van der Waals surface area contributed by atoms with Gasteiger partial charge in [0.15, 0.2) is 0 Å². The number of fused-ring (bicyclic) bond motifs is 2. The van der Waals surface area contributed by atoms with Crippen molar-refractivity contribution >= 4 is 39.2 Å². The first-order chi connectivity index (χ1) is 14.6. The Morgan fingerprint density at radius 2 is 1.93 bits per heavy atom. The molecule has 0 aliphatic rings. The summed E-state index contributed by atoms with van der Waals surface area (Å²) in [7, 11) is 0. The zero-order valence-electron chi connectivity index (χ0n) is 16.5. The molecule has 1 heterocycles. The van der Waals surface area contributed by atoms with Gasteiger partial charge in [-0.05, 0) is 67.1 Å². The van der Waals surface area contributed by atoms with Crippen LogP contribution in [0.2, 0.25) is 5.02 Å². The molecular weight excluding hydrogens is 405 g/mol. The molecule has 1 N–H and O–H groups in total. The number of carbonyl (C=O) groups is 1. The Kier molecular flexibility index (Phi) is 5.91. The second-order valence-electron chi connectivity index (χ2n) is 6.96. The van der Waals surface area contributed by atoms with E-state index in [1.54, 1.807) is 19.1 Å². The number of aryl methyl sites for hydroxylation is 1. The average molecular weight is 426 g/mol. The predicted octanol–water partition coefficient (Wildman–Crippen LogP) is 6.30.